The molecule has 1 aliphatic heterocycles. The van der Waals surface area contributed by atoms with Crippen molar-refractivity contribution in [2.75, 3.05) is 0 Å². The van der Waals surface area contributed by atoms with Gasteiger partial charge in [-0.15, -0.1) is 0 Å². The Hall–Kier alpha value is -3.12. The molecule has 1 aromatic heterocycles. The fraction of sp³-hybridized carbons (Fsp3) is 0.158. The Labute approximate surface area is 138 Å². The summed E-state index contributed by atoms with van der Waals surface area (Å²) in [7, 11) is 0. The second-order valence-electron chi connectivity index (χ2n) is 5.63. The maximum atomic E-state index is 9.63. The molecule has 0 aliphatic carbocycles. The summed E-state index contributed by atoms with van der Waals surface area (Å²) >= 11 is 0. The Balaban J connectivity index is 1.81. The minimum Gasteiger partial charge on any atom is -0.361 e. The van der Waals surface area contributed by atoms with Crippen molar-refractivity contribution < 1.29 is 9.47 Å². The zero-order chi connectivity index (χ0) is 16.6. The summed E-state index contributed by atoms with van der Waals surface area (Å²) < 4.78 is 11.8. The molecule has 5 heteroatoms. The van der Waals surface area contributed by atoms with E-state index < -0.39 is 18.0 Å². The van der Waals surface area contributed by atoms with Gasteiger partial charge in [0.2, 0.25) is 0 Å². The summed E-state index contributed by atoms with van der Waals surface area (Å²) in [5, 5.41) is 20.2. The highest BCUT2D eigenvalue weighted by molar-refractivity contribution is 5.83. The molecule has 0 saturated carbocycles. The number of nitrogens with one attached hydrogen (secondary N) is 1. The maximum Gasteiger partial charge on any atom is 0.274 e. The number of hydrogen-bond donors (Lipinski definition) is 1. The Morgan fingerprint density at radius 3 is 2.42 bits per heavy atom. The molecule has 3 aromatic rings. The van der Waals surface area contributed by atoms with E-state index in [0.29, 0.717) is 0 Å². The van der Waals surface area contributed by atoms with E-state index in [4.69, 9.17) is 9.47 Å². The van der Waals surface area contributed by atoms with Crippen LogP contribution in [0, 0.1) is 22.7 Å². The summed E-state index contributed by atoms with van der Waals surface area (Å²) in [6.45, 7) is 0. The molecule has 0 unspecified atom stereocenters. The largest absolute Gasteiger partial charge is 0.361 e. The molecular weight excluding hydrogens is 302 g/mol. The topological polar surface area (TPSA) is 81.8 Å². The fourth-order valence-corrected chi connectivity index (χ4v) is 3.03. The van der Waals surface area contributed by atoms with Crippen molar-refractivity contribution in [1.82, 2.24) is 4.98 Å². The van der Waals surface area contributed by atoms with Gasteiger partial charge in [-0.05, 0) is 6.07 Å². The van der Waals surface area contributed by atoms with Gasteiger partial charge in [0.15, 0.2) is 6.29 Å². The van der Waals surface area contributed by atoms with E-state index in [2.05, 4.69) is 4.98 Å². The first-order valence-electron chi connectivity index (χ1n) is 7.54. The number of nitriles is 2. The van der Waals surface area contributed by atoms with Crippen molar-refractivity contribution in [3.8, 4) is 12.1 Å². The zero-order valence-electron chi connectivity index (χ0n) is 12.6. The van der Waals surface area contributed by atoms with Crippen molar-refractivity contribution in [1.29, 1.82) is 10.5 Å². The smallest absolute Gasteiger partial charge is 0.274 e. The average molecular weight is 315 g/mol. The fourth-order valence-electron chi connectivity index (χ4n) is 3.03. The second kappa shape index (κ2) is 5.50. The minimum absolute atomic E-state index is 0.743. The first-order valence-corrected chi connectivity index (χ1v) is 7.54. The minimum atomic E-state index is -1.69. The van der Waals surface area contributed by atoms with Crippen LogP contribution in [0.1, 0.15) is 23.5 Å². The molecule has 116 valence electrons. The lowest BCUT2D eigenvalue weighted by atomic mass is 9.93. The van der Waals surface area contributed by atoms with E-state index in [1.807, 2.05) is 66.7 Å². The third-order valence-corrected chi connectivity index (χ3v) is 4.23. The SMILES string of the molecule is N#CC1(C#N)O[C@@H](c2ccccc2)O[C@H]1c1c[nH]c2ccccc12. The van der Waals surface area contributed by atoms with Gasteiger partial charge in [0.05, 0.1) is 0 Å². The number of para-hydroxylation sites is 1. The lowest BCUT2D eigenvalue weighted by Gasteiger charge is -2.17. The van der Waals surface area contributed by atoms with Crippen molar-refractivity contribution >= 4 is 10.9 Å². The summed E-state index contributed by atoms with van der Waals surface area (Å²) in [6.07, 6.45) is 0.216. The molecule has 0 bridgehead atoms. The molecule has 1 aliphatic rings. The summed E-state index contributed by atoms with van der Waals surface area (Å²) in [5.41, 5.74) is 0.747. The molecule has 5 nitrogen and oxygen atoms in total. The summed E-state index contributed by atoms with van der Waals surface area (Å²) in [4.78, 5) is 3.15. The van der Waals surface area contributed by atoms with Crippen LogP contribution >= 0.6 is 0 Å². The van der Waals surface area contributed by atoms with Gasteiger partial charge in [0.25, 0.3) is 5.60 Å². The molecule has 1 fully saturated rings. The molecule has 0 amide bonds. The molecule has 0 spiro atoms. The van der Waals surface area contributed by atoms with Crippen LogP contribution < -0.4 is 0 Å². The Kier molecular flexibility index (Phi) is 3.32. The molecule has 0 radical (unpaired) electrons. The number of aromatic amines is 1. The number of aromatic nitrogens is 1. The lowest BCUT2D eigenvalue weighted by Crippen LogP contribution is -2.30. The lowest BCUT2D eigenvalue weighted by molar-refractivity contribution is -0.0717. The van der Waals surface area contributed by atoms with E-state index in [0.717, 1.165) is 22.0 Å². The molecule has 1 saturated heterocycles. The number of hydrogen-bond acceptors (Lipinski definition) is 4. The van der Waals surface area contributed by atoms with Gasteiger partial charge in [-0.2, -0.15) is 10.5 Å². The van der Waals surface area contributed by atoms with Crippen LogP contribution in [0.15, 0.2) is 60.8 Å². The third kappa shape index (κ3) is 2.08. The number of nitrogens with zero attached hydrogens (tertiary/aromatic N) is 2. The predicted octanol–water partition coefficient (Wildman–Crippen LogP) is 3.74. The molecule has 2 aromatic carbocycles. The van der Waals surface area contributed by atoms with E-state index in [-0.39, 0.29) is 0 Å². The van der Waals surface area contributed by atoms with Gasteiger partial charge in [-0.1, -0.05) is 48.5 Å². The van der Waals surface area contributed by atoms with E-state index in [1.165, 1.54) is 0 Å². The normalized spacial score (nSPS) is 22.1. The van der Waals surface area contributed by atoms with Crippen LogP contribution in [-0.2, 0) is 9.47 Å². The van der Waals surface area contributed by atoms with Crippen LogP contribution in [-0.4, -0.2) is 10.6 Å². The number of H-pyrrole nitrogens is 1. The van der Waals surface area contributed by atoms with Crippen LogP contribution in [0.3, 0.4) is 0 Å². The molecular formula is C19H13N3O2. The van der Waals surface area contributed by atoms with Gasteiger partial charge < -0.3 is 14.5 Å². The van der Waals surface area contributed by atoms with Crippen LogP contribution in [0.5, 0.6) is 0 Å². The van der Waals surface area contributed by atoms with E-state index >= 15 is 0 Å². The quantitative estimate of drug-likeness (QED) is 0.781. The average Bonchev–Trinajstić information content (AvgIpc) is 3.24. The first-order chi connectivity index (χ1) is 11.8. The molecule has 24 heavy (non-hydrogen) atoms. The van der Waals surface area contributed by atoms with Crippen molar-refractivity contribution in [3.63, 3.8) is 0 Å². The van der Waals surface area contributed by atoms with Gasteiger partial charge >= 0.3 is 0 Å². The highest BCUT2D eigenvalue weighted by atomic mass is 16.7. The van der Waals surface area contributed by atoms with Gasteiger partial charge in [-0.3, -0.25) is 0 Å². The standard InChI is InChI=1S/C19H13N3O2/c20-11-19(12-21)17(15-10-22-16-9-5-4-8-14(15)16)23-18(24-19)13-6-2-1-3-7-13/h1-10,17-18,22H/t17-,18-/m0/s1. The zero-order valence-corrected chi connectivity index (χ0v) is 12.6. The first kappa shape index (κ1) is 14.5. The highest BCUT2D eigenvalue weighted by Crippen LogP contribution is 2.47. The van der Waals surface area contributed by atoms with E-state index in [9.17, 15) is 10.5 Å². The molecule has 4 rings (SSSR count). The van der Waals surface area contributed by atoms with Gasteiger partial charge in [0, 0.05) is 28.2 Å². The third-order valence-electron chi connectivity index (χ3n) is 4.23. The summed E-state index contributed by atoms with van der Waals surface area (Å²) in [5.74, 6) is 0. The molecule has 2 atom stereocenters. The predicted molar refractivity (Wildman–Crippen MR) is 86.3 cm³/mol. The Morgan fingerprint density at radius 1 is 0.958 bits per heavy atom. The monoisotopic (exact) mass is 315 g/mol. The molecule has 1 N–H and O–H groups in total. The summed E-state index contributed by atoms with van der Waals surface area (Å²) in [6, 6.07) is 21.0. The number of benzene rings is 2. The van der Waals surface area contributed by atoms with Crippen molar-refractivity contribution in [2.24, 2.45) is 0 Å². The van der Waals surface area contributed by atoms with Crippen LogP contribution in [0.25, 0.3) is 10.9 Å². The Morgan fingerprint density at radius 2 is 1.67 bits per heavy atom. The number of ether oxygens (including phenoxy) is 2. The Bertz CT molecular complexity index is 951. The van der Waals surface area contributed by atoms with Gasteiger partial charge in [0.1, 0.15) is 18.2 Å². The maximum absolute atomic E-state index is 9.63. The molecule has 2 heterocycles. The van der Waals surface area contributed by atoms with Gasteiger partial charge in [-0.25, -0.2) is 0 Å². The van der Waals surface area contributed by atoms with E-state index in [1.54, 1.807) is 6.20 Å². The number of rotatable bonds is 2. The second-order valence-corrected chi connectivity index (χ2v) is 5.63. The van der Waals surface area contributed by atoms with Crippen molar-refractivity contribution in [2.45, 2.75) is 18.0 Å². The van der Waals surface area contributed by atoms with Crippen LogP contribution in [0.4, 0.5) is 0 Å². The number of fused-ring (bicyclic) bond motifs is 1. The van der Waals surface area contributed by atoms with Crippen molar-refractivity contribution in [3.05, 3.63) is 71.9 Å². The van der Waals surface area contributed by atoms with Crippen LogP contribution in [0.2, 0.25) is 0 Å². The highest BCUT2D eigenvalue weighted by Gasteiger charge is 2.53.